The molecule has 13 rings (SSSR count). The van der Waals surface area contributed by atoms with Gasteiger partial charge in [0.15, 0.2) is 0 Å². The molecule has 0 aromatic heterocycles. The first-order chi connectivity index (χ1) is 31.5. The average Bonchev–Trinajstić information content (AvgIpc) is 3.92. The summed E-state index contributed by atoms with van der Waals surface area (Å²) in [5, 5.41) is 2.49. The molecule has 64 heavy (non-hydrogen) atoms. The molecule has 0 saturated heterocycles. The lowest BCUT2D eigenvalue weighted by atomic mass is 9.69. The van der Waals surface area contributed by atoms with Crippen molar-refractivity contribution in [3.8, 4) is 33.4 Å². The predicted octanol–water partition coefficient (Wildman–Crippen LogP) is 16.4. The van der Waals surface area contributed by atoms with Gasteiger partial charge >= 0.3 is 0 Å². The normalized spacial score (nSPS) is 15.5. The van der Waals surface area contributed by atoms with E-state index in [-0.39, 0.29) is 5.41 Å². The van der Waals surface area contributed by atoms with E-state index in [1.54, 1.807) is 0 Å². The molecule has 0 aliphatic heterocycles. The molecule has 1 atom stereocenters. The zero-order valence-corrected chi connectivity index (χ0v) is 35.8. The van der Waals surface area contributed by atoms with Crippen molar-refractivity contribution in [2.24, 2.45) is 0 Å². The Morgan fingerprint density at radius 1 is 0.312 bits per heavy atom. The fourth-order valence-electron chi connectivity index (χ4n) is 11.8. The van der Waals surface area contributed by atoms with Gasteiger partial charge in [-0.3, -0.25) is 0 Å². The highest BCUT2D eigenvalue weighted by Gasteiger charge is 2.54. The molecule has 0 fully saturated rings. The van der Waals surface area contributed by atoms with E-state index >= 15 is 0 Å². The van der Waals surface area contributed by atoms with Gasteiger partial charge < -0.3 is 9.80 Å². The highest BCUT2D eigenvalue weighted by molar-refractivity contribution is 6.11. The molecule has 0 heterocycles. The smallest absolute Gasteiger partial charge is 0.0746 e. The molecular weight excluding hydrogens is 773 g/mol. The third-order valence-electron chi connectivity index (χ3n) is 14.4. The molecule has 10 aromatic rings. The molecule has 10 aromatic carbocycles. The molecule has 0 N–H and O–H groups in total. The highest BCUT2D eigenvalue weighted by atomic mass is 15.2. The van der Waals surface area contributed by atoms with E-state index in [1.807, 2.05) is 0 Å². The summed E-state index contributed by atoms with van der Waals surface area (Å²) in [5.41, 5.74) is 21.9. The monoisotopic (exact) mass is 816 g/mol. The topological polar surface area (TPSA) is 6.48 Å². The molecule has 1 spiro atoms. The summed E-state index contributed by atoms with van der Waals surface area (Å²) in [6.45, 7) is 4.73. The lowest BCUT2D eigenvalue weighted by Crippen LogP contribution is -2.28. The Balaban J connectivity index is 1.12. The number of rotatable bonds is 6. The number of benzene rings is 10. The van der Waals surface area contributed by atoms with E-state index in [0.29, 0.717) is 0 Å². The number of para-hydroxylation sites is 3. The number of anilines is 6. The Kier molecular flexibility index (Phi) is 7.90. The van der Waals surface area contributed by atoms with Gasteiger partial charge in [0, 0.05) is 39.3 Å². The molecule has 2 nitrogen and oxygen atoms in total. The maximum absolute atomic E-state index is 2.49. The molecule has 1 unspecified atom stereocenters. The van der Waals surface area contributed by atoms with Crippen LogP contribution in [0.2, 0.25) is 0 Å². The van der Waals surface area contributed by atoms with Gasteiger partial charge in [-0.2, -0.15) is 0 Å². The first kappa shape index (κ1) is 36.7. The van der Waals surface area contributed by atoms with E-state index in [9.17, 15) is 0 Å². The Hall–Kier alpha value is -7.94. The number of nitrogens with zero attached hydrogens (tertiary/aromatic N) is 2. The van der Waals surface area contributed by atoms with Gasteiger partial charge in [0.05, 0.1) is 16.8 Å². The standard InChI is InChI=1S/C62H44N2/c1-61(2)51-32-17-15-30-48(51)59-55(61)35-20-36-56(59)64(44-26-10-5-11-27-44)45-37-38-54-50(40-45)47-29-14-18-33-52(47)62(54)53-34-19-16-31-49(53)58-46-28-13-12-21-41(46)39-57(60(58)62)63(42-22-6-3-7-23-42)43-24-8-4-9-25-43/h3-40H,1-2H3. The van der Waals surface area contributed by atoms with Crippen LogP contribution in [-0.4, -0.2) is 0 Å². The van der Waals surface area contributed by atoms with Crippen LogP contribution in [0.4, 0.5) is 34.1 Å². The molecule has 0 bridgehead atoms. The maximum atomic E-state index is 2.49. The van der Waals surface area contributed by atoms with Crippen molar-refractivity contribution in [1.29, 1.82) is 0 Å². The van der Waals surface area contributed by atoms with Crippen molar-refractivity contribution in [2.45, 2.75) is 24.7 Å². The maximum Gasteiger partial charge on any atom is 0.0746 e. The third kappa shape index (κ3) is 4.97. The van der Waals surface area contributed by atoms with Crippen LogP contribution >= 0.6 is 0 Å². The quantitative estimate of drug-likeness (QED) is 0.165. The van der Waals surface area contributed by atoms with E-state index < -0.39 is 5.41 Å². The van der Waals surface area contributed by atoms with Crippen LogP contribution in [0, 0.1) is 0 Å². The van der Waals surface area contributed by atoms with Gasteiger partial charge in [0.25, 0.3) is 0 Å². The fraction of sp³-hybridized carbons (Fsp3) is 0.0645. The van der Waals surface area contributed by atoms with Crippen LogP contribution in [0.1, 0.15) is 47.2 Å². The summed E-state index contributed by atoms with van der Waals surface area (Å²) in [4.78, 5) is 4.98. The summed E-state index contributed by atoms with van der Waals surface area (Å²) >= 11 is 0. The first-order valence-corrected chi connectivity index (χ1v) is 22.4. The minimum Gasteiger partial charge on any atom is -0.310 e. The van der Waals surface area contributed by atoms with Crippen molar-refractivity contribution >= 4 is 44.9 Å². The van der Waals surface area contributed by atoms with E-state index in [4.69, 9.17) is 0 Å². The first-order valence-electron chi connectivity index (χ1n) is 22.4. The van der Waals surface area contributed by atoms with Crippen LogP contribution < -0.4 is 9.80 Å². The SMILES string of the molecule is CC1(C)c2ccccc2-c2c(N(c3ccccc3)c3ccc4c(c3)-c3ccccc3C43c4ccccc4-c4c3c(N(c3ccccc3)c3ccccc3)cc3ccccc43)cccc21. The molecule has 0 radical (unpaired) electrons. The van der Waals surface area contributed by atoms with E-state index in [1.165, 1.54) is 88.9 Å². The minimum atomic E-state index is -0.605. The van der Waals surface area contributed by atoms with Gasteiger partial charge in [-0.25, -0.2) is 0 Å². The Morgan fingerprint density at radius 3 is 1.45 bits per heavy atom. The zero-order valence-electron chi connectivity index (χ0n) is 35.8. The van der Waals surface area contributed by atoms with Crippen molar-refractivity contribution in [2.75, 3.05) is 9.80 Å². The molecule has 3 aliphatic carbocycles. The van der Waals surface area contributed by atoms with Crippen molar-refractivity contribution in [1.82, 2.24) is 0 Å². The van der Waals surface area contributed by atoms with Gasteiger partial charge in [0.1, 0.15) is 0 Å². The average molecular weight is 817 g/mol. The van der Waals surface area contributed by atoms with Crippen LogP contribution in [0.15, 0.2) is 231 Å². The fourth-order valence-corrected chi connectivity index (χ4v) is 11.8. The summed E-state index contributed by atoms with van der Waals surface area (Å²) in [7, 11) is 0. The van der Waals surface area contributed by atoms with Crippen LogP contribution in [0.5, 0.6) is 0 Å². The van der Waals surface area contributed by atoms with Gasteiger partial charge in [-0.15, -0.1) is 0 Å². The Morgan fingerprint density at radius 2 is 0.797 bits per heavy atom. The van der Waals surface area contributed by atoms with Gasteiger partial charge in [0.2, 0.25) is 0 Å². The summed E-state index contributed by atoms with van der Waals surface area (Å²) in [6.07, 6.45) is 0. The number of hydrogen-bond donors (Lipinski definition) is 0. The van der Waals surface area contributed by atoms with E-state index in [0.717, 1.165) is 22.7 Å². The molecular formula is C62H44N2. The minimum absolute atomic E-state index is 0.119. The molecule has 0 saturated carbocycles. The predicted molar refractivity (Wildman–Crippen MR) is 267 cm³/mol. The molecule has 3 aliphatic rings. The molecule has 2 heteroatoms. The van der Waals surface area contributed by atoms with Crippen molar-refractivity contribution in [3.63, 3.8) is 0 Å². The second kappa shape index (κ2) is 13.8. The molecule has 0 amide bonds. The van der Waals surface area contributed by atoms with Crippen molar-refractivity contribution < 1.29 is 0 Å². The van der Waals surface area contributed by atoms with Crippen LogP contribution in [0.25, 0.3) is 44.2 Å². The lowest BCUT2D eigenvalue weighted by molar-refractivity contribution is 0.660. The van der Waals surface area contributed by atoms with E-state index in [2.05, 4.69) is 254 Å². The third-order valence-corrected chi connectivity index (χ3v) is 14.4. The van der Waals surface area contributed by atoms with Gasteiger partial charge in [-0.1, -0.05) is 184 Å². The van der Waals surface area contributed by atoms with Crippen LogP contribution in [0.3, 0.4) is 0 Å². The number of fused-ring (bicyclic) bond motifs is 15. The summed E-state index contributed by atoms with van der Waals surface area (Å²) < 4.78 is 0. The highest BCUT2D eigenvalue weighted by Crippen LogP contribution is 2.67. The summed E-state index contributed by atoms with van der Waals surface area (Å²) in [6, 6.07) is 85.7. The molecule has 302 valence electrons. The largest absolute Gasteiger partial charge is 0.310 e. The Labute approximate surface area is 375 Å². The lowest BCUT2D eigenvalue weighted by Gasteiger charge is -2.36. The Bertz CT molecular complexity index is 3440. The van der Waals surface area contributed by atoms with Crippen molar-refractivity contribution in [3.05, 3.63) is 264 Å². The van der Waals surface area contributed by atoms with Gasteiger partial charge in [-0.05, 0) is 127 Å². The zero-order chi connectivity index (χ0) is 42.6. The number of hydrogen-bond acceptors (Lipinski definition) is 2. The summed E-state index contributed by atoms with van der Waals surface area (Å²) in [5.74, 6) is 0. The second-order valence-corrected chi connectivity index (χ2v) is 18.0. The van der Waals surface area contributed by atoms with Crippen LogP contribution in [-0.2, 0) is 10.8 Å². The second-order valence-electron chi connectivity index (χ2n) is 18.0.